The molecular weight excluding hydrogens is 260 g/mol. The molecule has 0 radical (unpaired) electrons. The van der Waals surface area contributed by atoms with Crippen molar-refractivity contribution >= 4 is 0 Å². The van der Waals surface area contributed by atoms with Crippen LogP contribution in [0, 0.1) is 11.3 Å². The van der Waals surface area contributed by atoms with Gasteiger partial charge in [0.2, 0.25) is 0 Å². The third-order valence-corrected chi connectivity index (χ3v) is 3.40. The van der Waals surface area contributed by atoms with Gasteiger partial charge in [-0.05, 0) is 23.8 Å². The van der Waals surface area contributed by atoms with Crippen molar-refractivity contribution in [1.82, 2.24) is 9.55 Å². The van der Waals surface area contributed by atoms with Gasteiger partial charge >= 0.3 is 0 Å². The number of imidazole rings is 1. The maximum Gasteiger partial charge on any atom is 0.0994 e. The molecular formula is C17H14N4. The average molecular weight is 274 g/mol. The molecule has 2 aromatic carbocycles. The summed E-state index contributed by atoms with van der Waals surface area (Å²) in [5.74, 6) is 0. The van der Waals surface area contributed by atoms with E-state index in [1.807, 2.05) is 53.1 Å². The second-order valence-corrected chi connectivity index (χ2v) is 4.74. The Morgan fingerprint density at radius 2 is 1.90 bits per heavy atom. The van der Waals surface area contributed by atoms with Crippen LogP contribution in [0.2, 0.25) is 0 Å². The van der Waals surface area contributed by atoms with Crippen molar-refractivity contribution in [2.75, 3.05) is 0 Å². The highest BCUT2D eigenvalue weighted by Gasteiger charge is 2.14. The molecule has 102 valence electrons. The molecule has 0 spiro atoms. The lowest BCUT2D eigenvalue weighted by atomic mass is 10.1. The van der Waals surface area contributed by atoms with E-state index < -0.39 is 0 Å². The highest BCUT2D eigenvalue weighted by molar-refractivity contribution is 5.43. The van der Waals surface area contributed by atoms with Gasteiger partial charge in [-0.3, -0.25) is 0 Å². The van der Waals surface area contributed by atoms with Crippen molar-refractivity contribution in [1.29, 1.82) is 5.26 Å². The lowest BCUT2D eigenvalue weighted by Gasteiger charge is -2.15. The summed E-state index contributed by atoms with van der Waals surface area (Å²) in [4.78, 5) is 4.20. The van der Waals surface area contributed by atoms with Gasteiger partial charge in [0.15, 0.2) is 0 Å². The lowest BCUT2D eigenvalue weighted by molar-refractivity contribution is 0.793. The van der Waals surface area contributed by atoms with E-state index in [-0.39, 0.29) is 6.04 Å². The molecule has 4 nitrogen and oxygen atoms in total. The van der Waals surface area contributed by atoms with Gasteiger partial charge in [0.25, 0.3) is 0 Å². The normalized spacial score (nSPS) is 11.8. The zero-order chi connectivity index (χ0) is 14.7. The Labute approximate surface area is 123 Å². The monoisotopic (exact) mass is 274 g/mol. The van der Waals surface area contributed by atoms with E-state index in [1.165, 1.54) is 0 Å². The first-order valence-corrected chi connectivity index (χ1v) is 6.63. The van der Waals surface area contributed by atoms with Crippen molar-refractivity contribution in [3.63, 3.8) is 0 Å². The first-order valence-electron chi connectivity index (χ1n) is 6.63. The summed E-state index contributed by atoms with van der Waals surface area (Å²) in [6.45, 7) is 0. The van der Waals surface area contributed by atoms with Crippen LogP contribution in [0.1, 0.15) is 22.9 Å². The number of benzene rings is 2. The van der Waals surface area contributed by atoms with Crippen LogP contribution >= 0.6 is 0 Å². The fourth-order valence-electron chi connectivity index (χ4n) is 2.31. The van der Waals surface area contributed by atoms with Gasteiger partial charge in [0.1, 0.15) is 0 Å². The van der Waals surface area contributed by atoms with E-state index >= 15 is 0 Å². The molecule has 0 aliphatic heterocycles. The first kappa shape index (κ1) is 13.1. The summed E-state index contributed by atoms with van der Waals surface area (Å²) in [5, 5.41) is 9.02. The van der Waals surface area contributed by atoms with Gasteiger partial charge < -0.3 is 10.3 Å². The highest BCUT2D eigenvalue weighted by Crippen LogP contribution is 2.22. The minimum atomic E-state index is -0.264. The molecule has 1 aromatic heterocycles. The number of nitrogens with zero attached hydrogens (tertiary/aromatic N) is 3. The topological polar surface area (TPSA) is 67.6 Å². The maximum atomic E-state index is 9.02. The number of aromatic nitrogens is 2. The molecule has 0 saturated heterocycles. The van der Waals surface area contributed by atoms with Gasteiger partial charge in [-0.1, -0.05) is 36.4 Å². The lowest BCUT2D eigenvalue weighted by Crippen LogP contribution is -2.15. The van der Waals surface area contributed by atoms with Gasteiger partial charge in [-0.2, -0.15) is 5.26 Å². The number of rotatable bonds is 3. The van der Waals surface area contributed by atoms with Gasteiger partial charge in [-0.25, -0.2) is 4.98 Å². The molecule has 4 heteroatoms. The summed E-state index contributed by atoms with van der Waals surface area (Å²) in [7, 11) is 0. The van der Waals surface area contributed by atoms with Crippen LogP contribution < -0.4 is 5.73 Å². The number of hydrogen-bond acceptors (Lipinski definition) is 3. The molecule has 1 atom stereocenters. The SMILES string of the molecule is N#Cc1cccc(-n2cncc2C(N)c2ccccc2)c1. The minimum absolute atomic E-state index is 0.264. The Morgan fingerprint density at radius 3 is 2.67 bits per heavy atom. The molecule has 1 heterocycles. The highest BCUT2D eigenvalue weighted by atomic mass is 15.1. The zero-order valence-electron chi connectivity index (χ0n) is 11.3. The number of hydrogen-bond donors (Lipinski definition) is 1. The summed E-state index contributed by atoms with van der Waals surface area (Å²) < 4.78 is 1.92. The summed E-state index contributed by atoms with van der Waals surface area (Å²) in [6, 6.07) is 19.1. The molecule has 0 fully saturated rings. The smallest absolute Gasteiger partial charge is 0.0994 e. The van der Waals surface area contributed by atoms with E-state index in [9.17, 15) is 0 Å². The van der Waals surface area contributed by atoms with Gasteiger partial charge in [0.05, 0.1) is 35.9 Å². The fraction of sp³-hybridized carbons (Fsp3) is 0.0588. The van der Waals surface area contributed by atoms with Crippen LogP contribution in [0.4, 0.5) is 0 Å². The molecule has 0 amide bonds. The van der Waals surface area contributed by atoms with Crippen molar-refractivity contribution in [2.24, 2.45) is 5.73 Å². The zero-order valence-corrected chi connectivity index (χ0v) is 11.3. The molecule has 0 aliphatic rings. The van der Waals surface area contributed by atoms with Crippen LogP contribution in [0.15, 0.2) is 67.1 Å². The van der Waals surface area contributed by atoms with E-state index in [1.54, 1.807) is 18.6 Å². The van der Waals surface area contributed by atoms with E-state index in [0.717, 1.165) is 16.9 Å². The van der Waals surface area contributed by atoms with Gasteiger partial charge in [0, 0.05) is 5.69 Å². The molecule has 0 bridgehead atoms. The predicted molar refractivity (Wildman–Crippen MR) is 80.8 cm³/mol. The van der Waals surface area contributed by atoms with Crippen LogP contribution in [-0.4, -0.2) is 9.55 Å². The molecule has 3 rings (SSSR count). The molecule has 21 heavy (non-hydrogen) atoms. The molecule has 2 N–H and O–H groups in total. The summed E-state index contributed by atoms with van der Waals surface area (Å²) in [5.41, 5.74) is 9.75. The third kappa shape index (κ3) is 2.55. The van der Waals surface area contributed by atoms with Crippen molar-refractivity contribution < 1.29 is 0 Å². The van der Waals surface area contributed by atoms with Crippen LogP contribution in [0.3, 0.4) is 0 Å². The van der Waals surface area contributed by atoms with E-state index in [4.69, 9.17) is 11.0 Å². The minimum Gasteiger partial charge on any atom is -0.319 e. The Balaban J connectivity index is 2.03. The number of nitrogens with two attached hydrogens (primary N) is 1. The third-order valence-electron chi connectivity index (χ3n) is 3.40. The standard InChI is InChI=1S/C17H14N4/c18-10-13-5-4-8-15(9-13)21-12-20-11-16(21)17(19)14-6-2-1-3-7-14/h1-9,11-12,17H,19H2. The summed E-state index contributed by atoms with van der Waals surface area (Å²) >= 11 is 0. The second kappa shape index (κ2) is 5.61. The Morgan fingerprint density at radius 1 is 1.10 bits per heavy atom. The molecule has 3 aromatic rings. The summed E-state index contributed by atoms with van der Waals surface area (Å²) in [6.07, 6.45) is 3.48. The van der Waals surface area contributed by atoms with Gasteiger partial charge in [-0.15, -0.1) is 0 Å². The molecule has 0 saturated carbocycles. The maximum absolute atomic E-state index is 9.02. The first-order chi connectivity index (χ1) is 10.3. The molecule has 1 unspecified atom stereocenters. The Kier molecular flexibility index (Phi) is 3.50. The van der Waals surface area contributed by atoms with E-state index in [0.29, 0.717) is 5.56 Å². The van der Waals surface area contributed by atoms with Crippen molar-refractivity contribution in [3.8, 4) is 11.8 Å². The van der Waals surface area contributed by atoms with Crippen molar-refractivity contribution in [2.45, 2.75) is 6.04 Å². The van der Waals surface area contributed by atoms with E-state index in [2.05, 4.69) is 11.1 Å². The predicted octanol–water partition coefficient (Wildman–Crippen LogP) is 2.79. The quantitative estimate of drug-likeness (QED) is 0.798. The average Bonchev–Trinajstić information content (AvgIpc) is 3.04. The Bertz CT molecular complexity index is 784. The fourth-order valence-corrected chi connectivity index (χ4v) is 2.31. The largest absolute Gasteiger partial charge is 0.319 e. The second-order valence-electron chi connectivity index (χ2n) is 4.74. The van der Waals surface area contributed by atoms with Crippen molar-refractivity contribution in [3.05, 3.63) is 83.9 Å². The van der Waals surface area contributed by atoms with Crippen LogP contribution in [-0.2, 0) is 0 Å². The van der Waals surface area contributed by atoms with Crippen LogP contribution in [0.25, 0.3) is 5.69 Å². The number of nitriles is 1. The van der Waals surface area contributed by atoms with Crippen LogP contribution in [0.5, 0.6) is 0 Å². The Hall–Kier alpha value is -2.90. The molecule has 0 aliphatic carbocycles.